The first-order valence-corrected chi connectivity index (χ1v) is 6.77. The molecule has 0 unspecified atom stereocenters. The van der Waals surface area contributed by atoms with Crippen LogP contribution in [0, 0.1) is 0 Å². The first kappa shape index (κ1) is 14.1. The van der Waals surface area contributed by atoms with Gasteiger partial charge in [-0.25, -0.2) is 4.79 Å². The van der Waals surface area contributed by atoms with Crippen molar-refractivity contribution in [2.24, 2.45) is 0 Å². The molecule has 3 atom stereocenters. The zero-order valence-corrected chi connectivity index (χ0v) is 11.6. The van der Waals surface area contributed by atoms with Gasteiger partial charge in [0.25, 0.3) is 0 Å². The number of methoxy groups -OCH3 is 1. The monoisotopic (exact) mass is 291 g/mol. The Labute approximate surface area is 121 Å². The van der Waals surface area contributed by atoms with E-state index in [4.69, 9.17) is 14.6 Å². The molecule has 112 valence electrons. The van der Waals surface area contributed by atoms with Crippen LogP contribution in [0.3, 0.4) is 0 Å². The van der Waals surface area contributed by atoms with Gasteiger partial charge in [0.1, 0.15) is 12.2 Å². The second-order valence-corrected chi connectivity index (χ2v) is 5.17. The number of hydrogen-bond donors (Lipinski definition) is 3. The average molecular weight is 291 g/mol. The molecule has 1 saturated heterocycles. The van der Waals surface area contributed by atoms with E-state index in [1.54, 1.807) is 18.2 Å². The highest BCUT2D eigenvalue weighted by Crippen LogP contribution is 2.34. The van der Waals surface area contributed by atoms with E-state index in [0.717, 1.165) is 16.6 Å². The van der Waals surface area contributed by atoms with E-state index in [0.29, 0.717) is 12.0 Å². The first-order chi connectivity index (χ1) is 10.1. The van der Waals surface area contributed by atoms with Gasteiger partial charge in [0.2, 0.25) is 0 Å². The quantitative estimate of drug-likeness (QED) is 0.738. The summed E-state index contributed by atoms with van der Waals surface area (Å²) < 4.78 is 10.3. The van der Waals surface area contributed by atoms with Crippen molar-refractivity contribution in [2.75, 3.05) is 13.7 Å². The van der Waals surface area contributed by atoms with Crippen LogP contribution in [0.15, 0.2) is 24.3 Å². The summed E-state index contributed by atoms with van der Waals surface area (Å²) in [6.45, 7) is -0.204. The van der Waals surface area contributed by atoms with Crippen molar-refractivity contribution < 1.29 is 24.5 Å². The molecule has 0 radical (unpaired) electrons. The molecule has 21 heavy (non-hydrogen) atoms. The lowest BCUT2D eigenvalue weighted by molar-refractivity contribution is -0.0234. The number of aliphatic hydroxyl groups excluding tert-OH is 2. The molecular weight excluding hydrogens is 274 g/mol. The molecule has 6 nitrogen and oxygen atoms in total. The zero-order chi connectivity index (χ0) is 15.0. The molecule has 0 amide bonds. The van der Waals surface area contributed by atoms with Crippen molar-refractivity contribution in [1.82, 2.24) is 4.98 Å². The standard InChI is InChI=1S/C15H17NO5/c1-20-15(19)8-2-3-10-9(4-8)5-11(16-10)13-6-12(18)14(7-17)21-13/h2-5,12-14,16-18H,6-7H2,1H3/t12-,13-,14+/m0/s1. The van der Waals surface area contributed by atoms with Gasteiger partial charge >= 0.3 is 5.97 Å². The number of H-pyrrole nitrogens is 1. The normalized spacial score (nSPS) is 25.4. The smallest absolute Gasteiger partial charge is 0.337 e. The molecule has 1 aliphatic rings. The Morgan fingerprint density at radius 2 is 2.29 bits per heavy atom. The van der Waals surface area contributed by atoms with Crippen LogP contribution in [-0.2, 0) is 9.47 Å². The summed E-state index contributed by atoms with van der Waals surface area (Å²) in [4.78, 5) is 14.7. The lowest BCUT2D eigenvalue weighted by atomic mass is 10.1. The van der Waals surface area contributed by atoms with Gasteiger partial charge in [-0.3, -0.25) is 0 Å². The summed E-state index contributed by atoms with van der Waals surface area (Å²) in [7, 11) is 1.35. The highest BCUT2D eigenvalue weighted by atomic mass is 16.5. The number of esters is 1. The minimum Gasteiger partial charge on any atom is -0.465 e. The number of rotatable bonds is 3. The third kappa shape index (κ3) is 2.53. The predicted octanol–water partition coefficient (Wildman–Crippen LogP) is 1.14. The number of nitrogens with one attached hydrogen (secondary N) is 1. The average Bonchev–Trinajstić information content (AvgIpc) is 3.08. The van der Waals surface area contributed by atoms with Crippen LogP contribution in [0.1, 0.15) is 28.6 Å². The van der Waals surface area contributed by atoms with E-state index in [2.05, 4.69) is 4.98 Å². The van der Waals surface area contributed by atoms with Crippen LogP contribution in [0.2, 0.25) is 0 Å². The number of aliphatic hydroxyl groups is 2. The zero-order valence-electron chi connectivity index (χ0n) is 11.6. The van der Waals surface area contributed by atoms with Gasteiger partial charge in [-0.2, -0.15) is 0 Å². The molecule has 1 aromatic carbocycles. The number of ether oxygens (including phenoxy) is 2. The molecule has 0 saturated carbocycles. The molecule has 2 heterocycles. The Bertz CT molecular complexity index is 665. The molecule has 3 rings (SSSR count). The van der Waals surface area contributed by atoms with E-state index in [-0.39, 0.29) is 18.7 Å². The van der Waals surface area contributed by atoms with E-state index in [1.165, 1.54) is 7.11 Å². The van der Waals surface area contributed by atoms with Crippen molar-refractivity contribution in [2.45, 2.75) is 24.7 Å². The van der Waals surface area contributed by atoms with Crippen molar-refractivity contribution >= 4 is 16.9 Å². The van der Waals surface area contributed by atoms with E-state index < -0.39 is 12.2 Å². The first-order valence-electron chi connectivity index (χ1n) is 6.77. The van der Waals surface area contributed by atoms with Crippen molar-refractivity contribution in [1.29, 1.82) is 0 Å². The van der Waals surface area contributed by atoms with E-state index >= 15 is 0 Å². The summed E-state index contributed by atoms with van der Waals surface area (Å²) in [5.41, 5.74) is 2.18. The van der Waals surface area contributed by atoms with Crippen molar-refractivity contribution in [3.05, 3.63) is 35.5 Å². The Morgan fingerprint density at radius 3 is 2.95 bits per heavy atom. The topological polar surface area (TPSA) is 91.8 Å². The Kier molecular flexibility index (Phi) is 3.67. The fourth-order valence-electron chi connectivity index (χ4n) is 2.67. The van der Waals surface area contributed by atoms with Crippen LogP contribution in [0.4, 0.5) is 0 Å². The Hall–Kier alpha value is -1.89. The lowest BCUT2D eigenvalue weighted by Crippen LogP contribution is -2.24. The van der Waals surface area contributed by atoms with Gasteiger partial charge in [-0.05, 0) is 24.3 Å². The molecular formula is C15H17NO5. The summed E-state index contributed by atoms with van der Waals surface area (Å²) in [5, 5.41) is 19.8. The highest BCUT2D eigenvalue weighted by molar-refractivity contribution is 5.94. The maximum atomic E-state index is 11.5. The van der Waals surface area contributed by atoms with Crippen LogP contribution in [0.5, 0.6) is 0 Å². The summed E-state index contributed by atoms with van der Waals surface area (Å²) in [6, 6.07) is 7.13. The molecule has 0 aliphatic carbocycles. The van der Waals surface area contributed by atoms with Gasteiger partial charge in [0.05, 0.1) is 25.4 Å². The molecule has 0 spiro atoms. The third-order valence-electron chi connectivity index (χ3n) is 3.81. The van der Waals surface area contributed by atoms with Crippen molar-refractivity contribution in [3.63, 3.8) is 0 Å². The predicted molar refractivity (Wildman–Crippen MR) is 75.0 cm³/mol. The molecule has 3 N–H and O–H groups in total. The molecule has 6 heteroatoms. The van der Waals surface area contributed by atoms with Gasteiger partial charge in [-0.1, -0.05) is 0 Å². The van der Waals surface area contributed by atoms with Crippen molar-refractivity contribution in [3.8, 4) is 0 Å². The number of carbonyl (C=O) groups is 1. The SMILES string of the molecule is COC(=O)c1ccc2[nH]c([C@@H]3C[C@H](O)[C@@H](CO)O3)cc2c1. The summed E-state index contributed by atoms with van der Waals surface area (Å²) >= 11 is 0. The fourth-order valence-corrected chi connectivity index (χ4v) is 2.67. The molecule has 0 bridgehead atoms. The van der Waals surface area contributed by atoms with Gasteiger partial charge in [-0.15, -0.1) is 0 Å². The number of hydrogen-bond acceptors (Lipinski definition) is 5. The van der Waals surface area contributed by atoms with Gasteiger partial charge in [0, 0.05) is 23.0 Å². The second kappa shape index (κ2) is 5.48. The number of aromatic amines is 1. The number of carbonyl (C=O) groups excluding carboxylic acids is 1. The maximum Gasteiger partial charge on any atom is 0.337 e. The van der Waals surface area contributed by atoms with Crippen LogP contribution in [-0.4, -0.2) is 47.1 Å². The largest absolute Gasteiger partial charge is 0.465 e. The molecule has 1 aromatic heterocycles. The summed E-state index contributed by atoms with van der Waals surface area (Å²) in [5.74, 6) is -0.382. The minimum absolute atomic E-state index is 0.204. The number of fused-ring (bicyclic) bond motifs is 1. The lowest BCUT2D eigenvalue weighted by Gasteiger charge is -2.10. The number of aromatic nitrogens is 1. The van der Waals surface area contributed by atoms with Gasteiger partial charge < -0.3 is 24.7 Å². The second-order valence-electron chi connectivity index (χ2n) is 5.17. The molecule has 1 aliphatic heterocycles. The summed E-state index contributed by atoms with van der Waals surface area (Å²) in [6.07, 6.45) is -1.07. The van der Waals surface area contributed by atoms with Crippen LogP contribution < -0.4 is 0 Å². The Morgan fingerprint density at radius 1 is 1.48 bits per heavy atom. The van der Waals surface area contributed by atoms with Gasteiger partial charge in [0.15, 0.2) is 0 Å². The van der Waals surface area contributed by atoms with Crippen LogP contribution >= 0.6 is 0 Å². The fraction of sp³-hybridized carbons (Fsp3) is 0.400. The van der Waals surface area contributed by atoms with E-state index in [9.17, 15) is 9.90 Å². The molecule has 1 fully saturated rings. The van der Waals surface area contributed by atoms with E-state index in [1.807, 2.05) is 6.07 Å². The number of benzene rings is 1. The highest BCUT2D eigenvalue weighted by Gasteiger charge is 2.34. The third-order valence-corrected chi connectivity index (χ3v) is 3.81. The minimum atomic E-state index is -0.669. The maximum absolute atomic E-state index is 11.5. The molecule has 2 aromatic rings. The Balaban J connectivity index is 1.89. The van der Waals surface area contributed by atoms with Crippen LogP contribution in [0.25, 0.3) is 10.9 Å².